The molecule has 0 fully saturated rings. The molecule has 1 rings (SSSR count). The van der Waals surface area contributed by atoms with Crippen molar-refractivity contribution in [2.45, 2.75) is 26.0 Å². The molecule has 0 saturated heterocycles. The molecule has 0 saturated carbocycles. The van der Waals surface area contributed by atoms with Crippen molar-refractivity contribution < 1.29 is 5.11 Å². The Labute approximate surface area is 78.8 Å². The number of pyridine rings is 1. The summed E-state index contributed by atoms with van der Waals surface area (Å²) >= 11 is 0. The summed E-state index contributed by atoms with van der Waals surface area (Å²) in [5, 5.41) is 12.3. The molecule has 72 valence electrons. The van der Waals surface area contributed by atoms with Gasteiger partial charge in [-0.1, -0.05) is 0 Å². The van der Waals surface area contributed by atoms with Crippen LogP contribution in [0.15, 0.2) is 24.5 Å². The molecular formula is C10H16N2O. The number of nitrogens with zero attached hydrogens (tertiary/aromatic N) is 1. The Balaban J connectivity index is 2.44. The molecule has 0 bridgehead atoms. The van der Waals surface area contributed by atoms with Gasteiger partial charge in [0.1, 0.15) is 0 Å². The van der Waals surface area contributed by atoms with Crippen LogP contribution < -0.4 is 5.32 Å². The predicted octanol–water partition coefficient (Wildman–Crippen LogP) is 1.11. The first-order valence-electron chi connectivity index (χ1n) is 4.51. The Hall–Kier alpha value is -0.930. The molecule has 0 aliphatic carbocycles. The SMILES string of the molecule is C[C@H](O)CN[C@H](C)c1ccncc1. The molecular weight excluding hydrogens is 164 g/mol. The third-order valence-electron chi connectivity index (χ3n) is 1.93. The van der Waals surface area contributed by atoms with E-state index in [9.17, 15) is 0 Å². The molecule has 0 aromatic carbocycles. The molecule has 2 N–H and O–H groups in total. The summed E-state index contributed by atoms with van der Waals surface area (Å²) in [6.45, 7) is 4.45. The molecule has 3 nitrogen and oxygen atoms in total. The Morgan fingerprint density at radius 1 is 1.38 bits per heavy atom. The molecule has 0 amide bonds. The van der Waals surface area contributed by atoms with Gasteiger partial charge in [0.15, 0.2) is 0 Å². The summed E-state index contributed by atoms with van der Waals surface area (Å²) in [6.07, 6.45) is 3.25. The maximum atomic E-state index is 9.07. The van der Waals surface area contributed by atoms with E-state index in [1.54, 1.807) is 19.3 Å². The van der Waals surface area contributed by atoms with Gasteiger partial charge in [0.05, 0.1) is 6.10 Å². The summed E-state index contributed by atoms with van der Waals surface area (Å²) < 4.78 is 0. The van der Waals surface area contributed by atoms with Crippen LogP contribution in [0.5, 0.6) is 0 Å². The minimum Gasteiger partial charge on any atom is -0.392 e. The lowest BCUT2D eigenvalue weighted by Crippen LogP contribution is -2.27. The van der Waals surface area contributed by atoms with Crippen molar-refractivity contribution in [2.75, 3.05) is 6.54 Å². The van der Waals surface area contributed by atoms with E-state index in [1.165, 1.54) is 5.56 Å². The zero-order valence-electron chi connectivity index (χ0n) is 8.07. The van der Waals surface area contributed by atoms with E-state index in [0.29, 0.717) is 6.54 Å². The Morgan fingerprint density at radius 3 is 2.54 bits per heavy atom. The van der Waals surface area contributed by atoms with Gasteiger partial charge in [0, 0.05) is 25.0 Å². The smallest absolute Gasteiger partial charge is 0.0636 e. The largest absolute Gasteiger partial charge is 0.392 e. The minimum atomic E-state index is -0.302. The van der Waals surface area contributed by atoms with Crippen molar-refractivity contribution >= 4 is 0 Å². The lowest BCUT2D eigenvalue weighted by Gasteiger charge is -2.14. The summed E-state index contributed by atoms with van der Waals surface area (Å²) in [7, 11) is 0. The Kier molecular flexibility index (Phi) is 3.86. The van der Waals surface area contributed by atoms with Crippen LogP contribution in [-0.4, -0.2) is 22.7 Å². The van der Waals surface area contributed by atoms with Crippen molar-refractivity contribution in [3.63, 3.8) is 0 Å². The van der Waals surface area contributed by atoms with Gasteiger partial charge in [0.2, 0.25) is 0 Å². The highest BCUT2D eigenvalue weighted by Crippen LogP contribution is 2.09. The lowest BCUT2D eigenvalue weighted by molar-refractivity contribution is 0.187. The molecule has 0 unspecified atom stereocenters. The average molecular weight is 180 g/mol. The number of aliphatic hydroxyl groups is 1. The third-order valence-corrected chi connectivity index (χ3v) is 1.93. The van der Waals surface area contributed by atoms with Crippen molar-refractivity contribution in [3.05, 3.63) is 30.1 Å². The first-order chi connectivity index (χ1) is 6.20. The van der Waals surface area contributed by atoms with Crippen LogP contribution in [-0.2, 0) is 0 Å². The van der Waals surface area contributed by atoms with Crippen LogP contribution in [0.25, 0.3) is 0 Å². The quantitative estimate of drug-likeness (QED) is 0.729. The first kappa shape index (κ1) is 10.2. The van der Waals surface area contributed by atoms with E-state index in [0.717, 1.165) is 0 Å². The zero-order valence-corrected chi connectivity index (χ0v) is 8.07. The number of hydrogen-bond donors (Lipinski definition) is 2. The van der Waals surface area contributed by atoms with Crippen molar-refractivity contribution in [1.82, 2.24) is 10.3 Å². The van der Waals surface area contributed by atoms with Gasteiger partial charge in [-0.05, 0) is 31.5 Å². The minimum absolute atomic E-state index is 0.262. The van der Waals surface area contributed by atoms with Crippen molar-refractivity contribution in [2.24, 2.45) is 0 Å². The standard InChI is InChI=1S/C10H16N2O/c1-8(13)7-12-9(2)10-3-5-11-6-4-10/h3-6,8-9,12-13H,7H2,1-2H3/t8-,9+/m0/s1. The highest BCUT2D eigenvalue weighted by atomic mass is 16.3. The molecule has 2 atom stereocenters. The van der Waals surface area contributed by atoms with Gasteiger partial charge in [0.25, 0.3) is 0 Å². The summed E-state index contributed by atoms with van der Waals surface area (Å²) in [5.41, 5.74) is 1.19. The second-order valence-corrected chi connectivity index (χ2v) is 3.26. The molecule has 13 heavy (non-hydrogen) atoms. The molecule has 1 aromatic rings. The van der Waals surface area contributed by atoms with Gasteiger partial charge >= 0.3 is 0 Å². The number of rotatable bonds is 4. The number of hydrogen-bond acceptors (Lipinski definition) is 3. The fourth-order valence-electron chi connectivity index (χ4n) is 1.12. The predicted molar refractivity (Wildman–Crippen MR) is 52.3 cm³/mol. The van der Waals surface area contributed by atoms with Gasteiger partial charge < -0.3 is 10.4 Å². The Morgan fingerprint density at radius 2 is 2.00 bits per heavy atom. The fourth-order valence-corrected chi connectivity index (χ4v) is 1.12. The second-order valence-electron chi connectivity index (χ2n) is 3.26. The van der Waals surface area contributed by atoms with Crippen molar-refractivity contribution in [3.8, 4) is 0 Å². The summed E-state index contributed by atoms with van der Waals surface area (Å²) in [4.78, 5) is 3.95. The molecule has 1 aromatic heterocycles. The average Bonchev–Trinajstić information content (AvgIpc) is 2.15. The molecule has 0 aliphatic rings. The van der Waals surface area contributed by atoms with Crippen LogP contribution in [0.2, 0.25) is 0 Å². The highest BCUT2D eigenvalue weighted by molar-refractivity contribution is 5.13. The highest BCUT2D eigenvalue weighted by Gasteiger charge is 2.04. The van der Waals surface area contributed by atoms with Gasteiger partial charge in [-0.15, -0.1) is 0 Å². The lowest BCUT2D eigenvalue weighted by atomic mass is 10.1. The molecule has 0 radical (unpaired) electrons. The van der Waals surface area contributed by atoms with Crippen LogP contribution in [0.4, 0.5) is 0 Å². The van der Waals surface area contributed by atoms with Gasteiger partial charge in [-0.25, -0.2) is 0 Å². The topological polar surface area (TPSA) is 45.1 Å². The van der Waals surface area contributed by atoms with Crippen LogP contribution in [0, 0.1) is 0 Å². The van der Waals surface area contributed by atoms with Crippen LogP contribution in [0.1, 0.15) is 25.5 Å². The van der Waals surface area contributed by atoms with E-state index in [1.807, 2.05) is 12.1 Å². The van der Waals surface area contributed by atoms with Crippen LogP contribution >= 0.6 is 0 Å². The maximum Gasteiger partial charge on any atom is 0.0636 e. The number of aromatic nitrogens is 1. The van der Waals surface area contributed by atoms with Gasteiger partial charge in [-0.2, -0.15) is 0 Å². The third kappa shape index (κ3) is 3.53. The van der Waals surface area contributed by atoms with Crippen LogP contribution in [0.3, 0.4) is 0 Å². The monoisotopic (exact) mass is 180 g/mol. The van der Waals surface area contributed by atoms with E-state index < -0.39 is 0 Å². The molecule has 0 spiro atoms. The second kappa shape index (κ2) is 4.94. The number of nitrogens with one attached hydrogen (secondary N) is 1. The molecule has 1 heterocycles. The zero-order chi connectivity index (χ0) is 9.68. The Bertz CT molecular complexity index is 236. The van der Waals surface area contributed by atoms with E-state index in [-0.39, 0.29) is 12.1 Å². The van der Waals surface area contributed by atoms with E-state index in [2.05, 4.69) is 17.2 Å². The summed E-state index contributed by atoms with van der Waals surface area (Å²) in [6, 6.07) is 4.21. The first-order valence-corrected chi connectivity index (χ1v) is 4.51. The normalized spacial score (nSPS) is 15.3. The molecule has 3 heteroatoms. The van der Waals surface area contributed by atoms with E-state index >= 15 is 0 Å². The molecule has 0 aliphatic heterocycles. The summed E-state index contributed by atoms with van der Waals surface area (Å²) in [5.74, 6) is 0. The van der Waals surface area contributed by atoms with Crippen molar-refractivity contribution in [1.29, 1.82) is 0 Å². The fraction of sp³-hybridized carbons (Fsp3) is 0.500. The van der Waals surface area contributed by atoms with Gasteiger partial charge in [-0.3, -0.25) is 4.98 Å². The number of aliphatic hydroxyl groups excluding tert-OH is 1. The van der Waals surface area contributed by atoms with E-state index in [4.69, 9.17) is 5.11 Å². The maximum absolute atomic E-state index is 9.07.